The molecule has 0 aliphatic heterocycles. The summed E-state index contributed by atoms with van der Waals surface area (Å²) in [4.78, 5) is 8.37. The van der Waals surface area contributed by atoms with Gasteiger partial charge in [-0.2, -0.15) is 0 Å². The SMILES string of the molecule is BrCc1ccc(-c2cccnc2)cn1. The fourth-order valence-electron chi connectivity index (χ4n) is 1.21. The van der Waals surface area contributed by atoms with Crippen molar-refractivity contribution in [2.24, 2.45) is 0 Å². The molecule has 0 atom stereocenters. The zero-order valence-corrected chi connectivity index (χ0v) is 9.11. The Labute approximate surface area is 91.2 Å². The lowest BCUT2D eigenvalue weighted by atomic mass is 10.1. The minimum atomic E-state index is 0.792. The zero-order valence-electron chi connectivity index (χ0n) is 7.52. The van der Waals surface area contributed by atoms with Crippen LogP contribution >= 0.6 is 15.9 Å². The molecular weight excluding hydrogens is 240 g/mol. The Bertz CT molecular complexity index is 397. The summed E-state index contributed by atoms with van der Waals surface area (Å²) >= 11 is 3.36. The minimum Gasteiger partial charge on any atom is -0.264 e. The smallest absolute Gasteiger partial charge is 0.0509 e. The highest BCUT2D eigenvalue weighted by molar-refractivity contribution is 9.08. The summed E-state index contributed by atoms with van der Waals surface area (Å²) in [5.74, 6) is 0. The summed E-state index contributed by atoms with van der Waals surface area (Å²) < 4.78 is 0. The number of hydrogen-bond donors (Lipinski definition) is 0. The van der Waals surface area contributed by atoms with Crippen LogP contribution in [-0.4, -0.2) is 9.97 Å². The molecule has 0 aliphatic carbocycles. The molecule has 2 aromatic rings. The molecule has 14 heavy (non-hydrogen) atoms. The van der Waals surface area contributed by atoms with Gasteiger partial charge in [-0.3, -0.25) is 9.97 Å². The van der Waals surface area contributed by atoms with Crippen molar-refractivity contribution in [2.45, 2.75) is 5.33 Å². The van der Waals surface area contributed by atoms with Crippen molar-refractivity contribution < 1.29 is 0 Å². The number of alkyl halides is 1. The lowest BCUT2D eigenvalue weighted by Crippen LogP contribution is -1.85. The predicted octanol–water partition coefficient (Wildman–Crippen LogP) is 3.04. The molecule has 0 saturated heterocycles. The van der Waals surface area contributed by atoms with Crippen molar-refractivity contribution in [1.82, 2.24) is 9.97 Å². The van der Waals surface area contributed by atoms with E-state index in [4.69, 9.17) is 0 Å². The summed E-state index contributed by atoms with van der Waals surface area (Å²) in [6.07, 6.45) is 5.47. The first kappa shape index (κ1) is 9.34. The third-order valence-corrected chi connectivity index (χ3v) is 2.53. The Hall–Kier alpha value is -1.22. The molecule has 70 valence electrons. The second-order valence-electron chi connectivity index (χ2n) is 2.91. The van der Waals surface area contributed by atoms with Crippen LogP contribution in [0.1, 0.15) is 5.69 Å². The number of nitrogens with zero attached hydrogens (tertiary/aromatic N) is 2. The van der Waals surface area contributed by atoms with Gasteiger partial charge in [0.2, 0.25) is 0 Å². The maximum absolute atomic E-state index is 4.30. The maximum Gasteiger partial charge on any atom is 0.0509 e. The van der Waals surface area contributed by atoms with E-state index in [9.17, 15) is 0 Å². The van der Waals surface area contributed by atoms with Crippen molar-refractivity contribution in [2.75, 3.05) is 0 Å². The number of pyridine rings is 2. The van der Waals surface area contributed by atoms with Crippen LogP contribution in [0.5, 0.6) is 0 Å². The van der Waals surface area contributed by atoms with Crippen molar-refractivity contribution >= 4 is 15.9 Å². The summed E-state index contributed by atoms with van der Waals surface area (Å²) in [7, 11) is 0. The van der Waals surface area contributed by atoms with Gasteiger partial charge in [-0.05, 0) is 12.1 Å². The number of aromatic nitrogens is 2. The van der Waals surface area contributed by atoms with Gasteiger partial charge < -0.3 is 0 Å². The lowest BCUT2D eigenvalue weighted by molar-refractivity contribution is 1.18. The average molecular weight is 249 g/mol. The molecule has 0 spiro atoms. The monoisotopic (exact) mass is 248 g/mol. The molecule has 2 rings (SSSR count). The van der Waals surface area contributed by atoms with Gasteiger partial charge in [-0.1, -0.05) is 28.1 Å². The Balaban J connectivity index is 2.34. The van der Waals surface area contributed by atoms with Crippen LogP contribution in [0.2, 0.25) is 0 Å². The highest BCUT2D eigenvalue weighted by atomic mass is 79.9. The third-order valence-electron chi connectivity index (χ3n) is 1.96. The molecule has 0 fully saturated rings. The van der Waals surface area contributed by atoms with Crippen molar-refractivity contribution in [3.05, 3.63) is 48.5 Å². The maximum atomic E-state index is 4.30. The van der Waals surface area contributed by atoms with Crippen LogP contribution in [0.25, 0.3) is 11.1 Å². The molecule has 0 N–H and O–H groups in total. The van der Waals surface area contributed by atoms with Gasteiger partial charge in [0, 0.05) is 35.0 Å². The van der Waals surface area contributed by atoms with Crippen LogP contribution < -0.4 is 0 Å². The van der Waals surface area contributed by atoms with E-state index in [2.05, 4.69) is 32.0 Å². The topological polar surface area (TPSA) is 25.8 Å². The van der Waals surface area contributed by atoms with Gasteiger partial charge in [-0.25, -0.2) is 0 Å². The molecule has 2 heterocycles. The van der Waals surface area contributed by atoms with Crippen LogP contribution in [0, 0.1) is 0 Å². The molecule has 0 radical (unpaired) electrons. The Morgan fingerprint density at radius 2 is 1.93 bits per heavy atom. The highest BCUT2D eigenvalue weighted by Crippen LogP contribution is 2.17. The van der Waals surface area contributed by atoms with Crippen LogP contribution in [0.4, 0.5) is 0 Å². The summed E-state index contributed by atoms with van der Waals surface area (Å²) in [6, 6.07) is 8.02. The van der Waals surface area contributed by atoms with E-state index in [1.165, 1.54) is 0 Å². The first-order valence-electron chi connectivity index (χ1n) is 4.31. The summed E-state index contributed by atoms with van der Waals surface area (Å²) in [6.45, 7) is 0. The second kappa shape index (κ2) is 4.33. The average Bonchev–Trinajstić information content (AvgIpc) is 2.30. The van der Waals surface area contributed by atoms with Crippen LogP contribution in [-0.2, 0) is 5.33 Å². The molecule has 3 heteroatoms. The summed E-state index contributed by atoms with van der Waals surface area (Å²) in [5, 5.41) is 0.792. The van der Waals surface area contributed by atoms with Crippen LogP contribution in [0.15, 0.2) is 42.9 Å². The van der Waals surface area contributed by atoms with Gasteiger partial charge in [0.25, 0.3) is 0 Å². The first-order valence-corrected chi connectivity index (χ1v) is 5.43. The van der Waals surface area contributed by atoms with Gasteiger partial charge in [0.15, 0.2) is 0 Å². The Kier molecular flexibility index (Phi) is 2.89. The van der Waals surface area contributed by atoms with Gasteiger partial charge in [-0.15, -0.1) is 0 Å². The molecule has 0 unspecified atom stereocenters. The van der Waals surface area contributed by atoms with E-state index in [1.54, 1.807) is 6.20 Å². The quantitative estimate of drug-likeness (QED) is 0.764. The standard InChI is InChI=1S/C11H9BrN2/c12-6-11-4-3-10(8-14-11)9-2-1-5-13-7-9/h1-5,7-8H,6H2. The van der Waals surface area contributed by atoms with Crippen LogP contribution in [0.3, 0.4) is 0 Å². The normalized spacial score (nSPS) is 10.1. The van der Waals surface area contributed by atoms with E-state index in [0.29, 0.717) is 0 Å². The van der Waals surface area contributed by atoms with E-state index >= 15 is 0 Å². The lowest BCUT2D eigenvalue weighted by Gasteiger charge is -2.00. The number of rotatable bonds is 2. The predicted molar refractivity (Wildman–Crippen MR) is 60.1 cm³/mol. The van der Waals surface area contributed by atoms with Crippen molar-refractivity contribution in [1.29, 1.82) is 0 Å². The molecule has 0 bridgehead atoms. The van der Waals surface area contributed by atoms with Gasteiger partial charge in [0.1, 0.15) is 0 Å². The number of halogens is 1. The molecule has 0 amide bonds. The highest BCUT2D eigenvalue weighted by Gasteiger charge is 1.97. The number of hydrogen-bond acceptors (Lipinski definition) is 2. The molecule has 0 aliphatic rings. The van der Waals surface area contributed by atoms with E-state index < -0.39 is 0 Å². The van der Waals surface area contributed by atoms with E-state index in [-0.39, 0.29) is 0 Å². The fourth-order valence-corrected chi connectivity index (χ4v) is 1.54. The van der Waals surface area contributed by atoms with Gasteiger partial charge >= 0.3 is 0 Å². The Morgan fingerprint density at radius 1 is 1.07 bits per heavy atom. The first-order chi connectivity index (χ1) is 6.90. The van der Waals surface area contributed by atoms with Crippen molar-refractivity contribution in [3.8, 4) is 11.1 Å². The minimum absolute atomic E-state index is 0.792. The Morgan fingerprint density at radius 3 is 2.50 bits per heavy atom. The molecule has 0 saturated carbocycles. The largest absolute Gasteiger partial charge is 0.264 e. The second-order valence-corrected chi connectivity index (χ2v) is 3.47. The van der Waals surface area contributed by atoms with E-state index in [1.807, 2.05) is 30.6 Å². The molecular formula is C11H9BrN2. The van der Waals surface area contributed by atoms with E-state index in [0.717, 1.165) is 22.2 Å². The van der Waals surface area contributed by atoms with Crippen molar-refractivity contribution in [3.63, 3.8) is 0 Å². The zero-order chi connectivity index (χ0) is 9.80. The fraction of sp³-hybridized carbons (Fsp3) is 0.0909. The molecule has 0 aromatic carbocycles. The molecule has 2 aromatic heterocycles. The molecule has 2 nitrogen and oxygen atoms in total. The third kappa shape index (κ3) is 1.99. The summed E-state index contributed by atoms with van der Waals surface area (Å²) in [5.41, 5.74) is 3.24. The van der Waals surface area contributed by atoms with Gasteiger partial charge in [0.05, 0.1) is 5.69 Å².